The van der Waals surface area contributed by atoms with Crippen molar-refractivity contribution in [3.63, 3.8) is 0 Å². The van der Waals surface area contributed by atoms with Crippen molar-refractivity contribution in [3.05, 3.63) is 35.8 Å². The maximum absolute atomic E-state index is 10.9. The molecule has 0 aliphatic rings. The van der Waals surface area contributed by atoms with E-state index >= 15 is 0 Å². The highest BCUT2D eigenvalue weighted by Crippen LogP contribution is 2.24. The van der Waals surface area contributed by atoms with Crippen molar-refractivity contribution in [2.75, 3.05) is 6.61 Å². The molecule has 2 rings (SSSR count). The Balaban J connectivity index is 1.56. The molecule has 0 spiro atoms. The van der Waals surface area contributed by atoms with Crippen molar-refractivity contribution in [3.8, 4) is 17.3 Å². The maximum Gasteiger partial charge on any atom is 0.227 e. The largest absolute Gasteiger partial charge is 0.494 e. The minimum Gasteiger partial charge on any atom is -0.494 e. The molecule has 166 valence electrons. The molecule has 0 radical (unpaired) electrons. The number of benzene rings is 1. The van der Waals surface area contributed by atoms with Crippen LogP contribution in [0.1, 0.15) is 100 Å². The molecular formula is C25H38N2O3. The van der Waals surface area contributed by atoms with Crippen LogP contribution in [0.25, 0.3) is 5.69 Å². The molecule has 0 unspecified atom stereocenters. The van der Waals surface area contributed by atoms with Crippen LogP contribution in [-0.4, -0.2) is 27.6 Å². The Hall–Kier alpha value is -2.30. The third-order valence-electron chi connectivity index (χ3n) is 5.52. The highest BCUT2D eigenvalue weighted by atomic mass is 16.5. The predicted octanol–water partition coefficient (Wildman–Crippen LogP) is 6.78. The summed E-state index contributed by atoms with van der Waals surface area (Å²) in [5.74, 6) is 1.25. The summed E-state index contributed by atoms with van der Waals surface area (Å²) >= 11 is 0. The van der Waals surface area contributed by atoms with E-state index in [0.29, 0.717) is 12.1 Å². The van der Waals surface area contributed by atoms with Gasteiger partial charge in [-0.3, -0.25) is 9.36 Å². The SMILES string of the molecule is CCCCCCCCCCCCCCOc1ccc(-n2c(C)nc(C=O)c2O)cc1. The van der Waals surface area contributed by atoms with E-state index in [9.17, 15) is 9.90 Å². The molecular weight excluding hydrogens is 376 g/mol. The van der Waals surface area contributed by atoms with Gasteiger partial charge in [0.05, 0.1) is 12.3 Å². The third-order valence-corrected chi connectivity index (χ3v) is 5.52. The predicted molar refractivity (Wildman–Crippen MR) is 122 cm³/mol. The van der Waals surface area contributed by atoms with E-state index in [1.165, 1.54) is 70.6 Å². The Bertz CT molecular complexity index is 738. The number of hydrogen-bond acceptors (Lipinski definition) is 4. The minimum atomic E-state index is -0.132. The lowest BCUT2D eigenvalue weighted by Gasteiger charge is -2.09. The fraction of sp³-hybridized carbons (Fsp3) is 0.600. The lowest BCUT2D eigenvalue weighted by Crippen LogP contribution is -1.99. The van der Waals surface area contributed by atoms with Gasteiger partial charge in [0.2, 0.25) is 5.88 Å². The van der Waals surface area contributed by atoms with Crippen LogP contribution >= 0.6 is 0 Å². The molecule has 0 saturated heterocycles. The van der Waals surface area contributed by atoms with E-state index in [1.807, 2.05) is 24.3 Å². The zero-order valence-electron chi connectivity index (χ0n) is 18.7. The molecule has 1 N–H and O–H groups in total. The van der Waals surface area contributed by atoms with Crippen LogP contribution in [0.5, 0.6) is 11.6 Å². The Labute approximate surface area is 181 Å². The molecule has 1 aromatic heterocycles. The van der Waals surface area contributed by atoms with Gasteiger partial charge in [-0.2, -0.15) is 0 Å². The number of ether oxygens (including phenoxy) is 1. The average Bonchev–Trinajstić information content (AvgIpc) is 3.05. The first kappa shape index (κ1) is 24.0. The number of rotatable bonds is 16. The maximum atomic E-state index is 10.9. The summed E-state index contributed by atoms with van der Waals surface area (Å²) < 4.78 is 7.39. The molecule has 1 aromatic carbocycles. The van der Waals surface area contributed by atoms with Gasteiger partial charge < -0.3 is 9.84 Å². The van der Waals surface area contributed by atoms with Crippen LogP contribution in [-0.2, 0) is 0 Å². The van der Waals surface area contributed by atoms with E-state index in [4.69, 9.17) is 4.74 Å². The average molecular weight is 415 g/mol. The second kappa shape index (κ2) is 13.8. The molecule has 0 bridgehead atoms. The van der Waals surface area contributed by atoms with Crippen molar-refractivity contribution in [1.29, 1.82) is 0 Å². The number of carbonyl (C=O) groups is 1. The molecule has 0 aliphatic heterocycles. The summed E-state index contributed by atoms with van der Waals surface area (Å²) in [5.41, 5.74) is 0.808. The molecule has 30 heavy (non-hydrogen) atoms. The summed E-state index contributed by atoms with van der Waals surface area (Å²) in [6, 6.07) is 7.49. The normalized spacial score (nSPS) is 11.0. The molecule has 0 amide bonds. The van der Waals surface area contributed by atoms with Gasteiger partial charge in [0.1, 0.15) is 11.6 Å². The summed E-state index contributed by atoms with van der Waals surface area (Å²) in [4.78, 5) is 15.0. The van der Waals surface area contributed by atoms with E-state index in [0.717, 1.165) is 24.5 Å². The molecule has 5 nitrogen and oxygen atoms in total. The fourth-order valence-electron chi connectivity index (χ4n) is 3.75. The molecule has 5 heteroatoms. The van der Waals surface area contributed by atoms with E-state index in [1.54, 1.807) is 11.5 Å². The first-order chi connectivity index (χ1) is 14.7. The van der Waals surface area contributed by atoms with Gasteiger partial charge >= 0.3 is 0 Å². The van der Waals surface area contributed by atoms with Gasteiger partial charge in [-0.15, -0.1) is 0 Å². The van der Waals surface area contributed by atoms with Crippen LogP contribution in [0.4, 0.5) is 0 Å². The van der Waals surface area contributed by atoms with Crippen molar-refractivity contribution in [2.45, 2.75) is 90.9 Å². The van der Waals surface area contributed by atoms with Crippen LogP contribution in [0.3, 0.4) is 0 Å². The fourth-order valence-corrected chi connectivity index (χ4v) is 3.75. The second-order valence-electron chi connectivity index (χ2n) is 8.05. The number of aromatic nitrogens is 2. The molecule has 2 aromatic rings. The number of aryl methyl sites for hydroxylation is 1. The van der Waals surface area contributed by atoms with Crippen LogP contribution < -0.4 is 4.74 Å². The first-order valence-corrected chi connectivity index (χ1v) is 11.6. The Kier molecular flexibility index (Phi) is 11.1. The number of hydrogen-bond donors (Lipinski definition) is 1. The second-order valence-corrected chi connectivity index (χ2v) is 8.05. The van der Waals surface area contributed by atoms with Gasteiger partial charge in [0, 0.05) is 0 Å². The van der Waals surface area contributed by atoms with Crippen LogP contribution in [0.2, 0.25) is 0 Å². The van der Waals surface area contributed by atoms with Gasteiger partial charge in [-0.25, -0.2) is 4.98 Å². The highest BCUT2D eigenvalue weighted by Gasteiger charge is 2.14. The lowest BCUT2D eigenvalue weighted by atomic mass is 10.1. The molecule has 0 fully saturated rings. The summed E-state index contributed by atoms with van der Waals surface area (Å²) in [6.07, 6.45) is 16.6. The zero-order chi connectivity index (χ0) is 21.6. The van der Waals surface area contributed by atoms with Gasteiger partial charge in [-0.1, -0.05) is 77.6 Å². The Morgan fingerprint density at radius 3 is 1.93 bits per heavy atom. The van der Waals surface area contributed by atoms with Gasteiger partial charge in [0.15, 0.2) is 12.0 Å². The molecule has 0 atom stereocenters. The standard InChI is InChI=1S/C25H38N2O3/c1-3-4-5-6-7-8-9-10-11-12-13-14-19-30-23-17-15-22(16-18-23)27-21(2)26-24(20-28)25(27)29/h15-18,20,29H,3-14,19H2,1-2H3. The summed E-state index contributed by atoms with van der Waals surface area (Å²) in [6.45, 7) is 4.75. The first-order valence-electron chi connectivity index (χ1n) is 11.6. The van der Waals surface area contributed by atoms with Crippen LogP contribution in [0.15, 0.2) is 24.3 Å². The quantitative estimate of drug-likeness (QED) is 0.243. The molecule has 1 heterocycles. The number of carbonyl (C=O) groups excluding carboxylic acids is 1. The summed E-state index contributed by atoms with van der Waals surface area (Å²) in [7, 11) is 0. The number of aromatic hydroxyl groups is 1. The lowest BCUT2D eigenvalue weighted by molar-refractivity contribution is 0.111. The van der Waals surface area contributed by atoms with E-state index in [2.05, 4.69) is 11.9 Å². The van der Waals surface area contributed by atoms with Gasteiger partial charge in [0.25, 0.3) is 0 Å². The van der Waals surface area contributed by atoms with E-state index in [-0.39, 0.29) is 11.6 Å². The van der Waals surface area contributed by atoms with Crippen LogP contribution in [0, 0.1) is 6.92 Å². The molecule has 0 saturated carbocycles. The number of nitrogens with zero attached hydrogens (tertiary/aromatic N) is 2. The number of imidazole rings is 1. The van der Waals surface area contributed by atoms with Crippen molar-refractivity contribution in [1.82, 2.24) is 9.55 Å². The van der Waals surface area contributed by atoms with Crippen molar-refractivity contribution >= 4 is 6.29 Å². The monoisotopic (exact) mass is 414 g/mol. The third kappa shape index (κ3) is 7.85. The summed E-state index contributed by atoms with van der Waals surface area (Å²) in [5, 5.41) is 10.1. The molecule has 0 aliphatic carbocycles. The topological polar surface area (TPSA) is 64.4 Å². The number of unbranched alkanes of at least 4 members (excludes halogenated alkanes) is 11. The minimum absolute atomic E-state index is 0.0554. The zero-order valence-corrected chi connectivity index (χ0v) is 18.7. The number of aldehydes is 1. The Morgan fingerprint density at radius 1 is 0.900 bits per heavy atom. The Morgan fingerprint density at radius 2 is 1.43 bits per heavy atom. The van der Waals surface area contributed by atoms with E-state index < -0.39 is 0 Å². The van der Waals surface area contributed by atoms with Crippen molar-refractivity contribution in [2.24, 2.45) is 0 Å². The van der Waals surface area contributed by atoms with Crippen molar-refractivity contribution < 1.29 is 14.6 Å². The smallest absolute Gasteiger partial charge is 0.227 e. The highest BCUT2D eigenvalue weighted by molar-refractivity contribution is 5.76. The van der Waals surface area contributed by atoms with Gasteiger partial charge in [-0.05, 0) is 37.6 Å².